The van der Waals surface area contributed by atoms with Crippen LogP contribution in [0.15, 0.2) is 65.2 Å². The summed E-state index contributed by atoms with van der Waals surface area (Å²) < 4.78 is 46.7. The van der Waals surface area contributed by atoms with Gasteiger partial charge in [0.25, 0.3) is 0 Å². The molecular weight excluding hydrogens is 361 g/mol. The van der Waals surface area contributed by atoms with Crippen molar-refractivity contribution in [3.63, 3.8) is 0 Å². The Kier molecular flexibility index (Phi) is 5.49. The van der Waals surface area contributed by atoms with Crippen molar-refractivity contribution in [1.82, 2.24) is 0 Å². The highest BCUT2D eigenvalue weighted by molar-refractivity contribution is 9.11. The van der Waals surface area contributed by atoms with Crippen molar-refractivity contribution < 1.29 is 22.6 Å². The number of allylic oxidation sites excluding steroid dienone is 1. The summed E-state index contributed by atoms with van der Waals surface area (Å²) in [6.45, 7) is -0.182. The van der Waals surface area contributed by atoms with E-state index in [2.05, 4.69) is 15.9 Å². The lowest BCUT2D eigenvalue weighted by atomic mass is 10.3. The first-order valence-corrected chi connectivity index (χ1v) is 7.13. The van der Waals surface area contributed by atoms with Gasteiger partial charge in [-0.2, -0.15) is 13.2 Å². The third-order valence-corrected chi connectivity index (χ3v) is 3.36. The Hall–Kier alpha value is -1.95. The van der Waals surface area contributed by atoms with E-state index >= 15 is 0 Å². The van der Waals surface area contributed by atoms with E-state index < -0.39 is 10.7 Å². The topological polar surface area (TPSA) is 18.5 Å². The van der Waals surface area contributed by atoms with Crippen molar-refractivity contribution in [2.75, 3.05) is 6.61 Å². The van der Waals surface area contributed by atoms with Crippen LogP contribution in [0.5, 0.6) is 17.2 Å². The van der Waals surface area contributed by atoms with Crippen molar-refractivity contribution in [3.05, 3.63) is 65.2 Å². The first kappa shape index (κ1) is 16.4. The van der Waals surface area contributed by atoms with Crippen LogP contribution in [-0.2, 0) is 0 Å². The summed E-state index contributed by atoms with van der Waals surface area (Å²) in [4.78, 5) is 0. The molecule has 0 spiro atoms. The first-order valence-electron chi connectivity index (χ1n) is 6.34. The van der Waals surface area contributed by atoms with Crippen LogP contribution < -0.4 is 9.47 Å². The van der Waals surface area contributed by atoms with Gasteiger partial charge in [0.15, 0.2) is 0 Å². The molecule has 116 valence electrons. The molecule has 0 aliphatic heterocycles. The molecule has 0 amide bonds. The molecule has 0 aliphatic carbocycles. The second-order valence-corrected chi connectivity index (χ2v) is 5.10. The highest BCUT2D eigenvalue weighted by Crippen LogP contribution is 2.30. The fourth-order valence-electron chi connectivity index (χ4n) is 1.56. The van der Waals surface area contributed by atoms with E-state index in [1.807, 2.05) is 30.3 Å². The number of hydrogen-bond acceptors (Lipinski definition) is 2. The van der Waals surface area contributed by atoms with Crippen LogP contribution in [0.2, 0.25) is 0 Å². The molecule has 0 fully saturated rings. The summed E-state index contributed by atoms with van der Waals surface area (Å²) in [5.74, 6) is 1.78. The molecule has 0 aromatic heterocycles. The Morgan fingerprint density at radius 2 is 1.45 bits per heavy atom. The maximum Gasteiger partial charge on any atom is 0.422 e. The number of hydrogen-bond donors (Lipinski definition) is 0. The molecule has 0 aliphatic rings. The summed E-state index contributed by atoms with van der Waals surface area (Å²) in [6.07, 6.45) is -3.47. The zero-order valence-electron chi connectivity index (χ0n) is 11.3. The molecular formula is C16H12BrF3O2. The lowest BCUT2D eigenvalue weighted by Crippen LogP contribution is -2.08. The molecule has 0 saturated carbocycles. The van der Waals surface area contributed by atoms with E-state index in [4.69, 9.17) is 9.47 Å². The van der Waals surface area contributed by atoms with E-state index in [1.165, 1.54) is 0 Å². The second-order valence-electron chi connectivity index (χ2n) is 4.25. The standard InChI is InChI=1S/C16H12BrF3O2/c17-15(16(18,19)20)10-11-21-12-6-8-14(9-7-12)22-13-4-2-1-3-5-13/h1-10H,11H2. The van der Waals surface area contributed by atoms with Crippen LogP contribution in [0.25, 0.3) is 0 Å². The Morgan fingerprint density at radius 3 is 2.05 bits per heavy atom. The average molecular weight is 373 g/mol. The van der Waals surface area contributed by atoms with Crippen LogP contribution in [0.3, 0.4) is 0 Å². The molecule has 6 heteroatoms. The van der Waals surface area contributed by atoms with E-state index in [0.717, 1.165) is 6.08 Å². The van der Waals surface area contributed by atoms with Crippen LogP contribution >= 0.6 is 15.9 Å². The van der Waals surface area contributed by atoms with Crippen molar-refractivity contribution in [2.45, 2.75) is 6.18 Å². The molecule has 0 heterocycles. The minimum absolute atomic E-state index is 0.182. The lowest BCUT2D eigenvalue weighted by Gasteiger charge is -2.08. The Labute approximate surface area is 134 Å². The van der Waals surface area contributed by atoms with Gasteiger partial charge in [-0.25, -0.2) is 0 Å². The van der Waals surface area contributed by atoms with Gasteiger partial charge in [-0.15, -0.1) is 0 Å². The Balaban J connectivity index is 1.90. The maximum absolute atomic E-state index is 12.2. The smallest absolute Gasteiger partial charge is 0.422 e. The first-order chi connectivity index (χ1) is 10.4. The number of halogens is 4. The van der Waals surface area contributed by atoms with Crippen LogP contribution in [0, 0.1) is 0 Å². The Morgan fingerprint density at radius 1 is 0.909 bits per heavy atom. The molecule has 0 bridgehead atoms. The molecule has 2 nitrogen and oxygen atoms in total. The fourth-order valence-corrected chi connectivity index (χ4v) is 1.69. The number of para-hydroxylation sites is 1. The molecule has 2 rings (SSSR count). The summed E-state index contributed by atoms with van der Waals surface area (Å²) in [6, 6.07) is 15.9. The molecule has 2 aromatic rings. The van der Waals surface area contributed by atoms with E-state index in [0.29, 0.717) is 17.2 Å². The minimum Gasteiger partial charge on any atom is -0.489 e. The second kappa shape index (κ2) is 7.35. The normalized spacial score (nSPS) is 12.1. The van der Waals surface area contributed by atoms with E-state index in [-0.39, 0.29) is 6.61 Å². The van der Waals surface area contributed by atoms with Crippen molar-refractivity contribution >= 4 is 15.9 Å². The largest absolute Gasteiger partial charge is 0.489 e. The van der Waals surface area contributed by atoms with Crippen molar-refractivity contribution in [3.8, 4) is 17.2 Å². The summed E-state index contributed by atoms with van der Waals surface area (Å²) in [5.41, 5.74) is 0. The molecule has 22 heavy (non-hydrogen) atoms. The highest BCUT2D eigenvalue weighted by atomic mass is 79.9. The van der Waals surface area contributed by atoms with Crippen LogP contribution in [0.4, 0.5) is 13.2 Å². The van der Waals surface area contributed by atoms with Crippen molar-refractivity contribution in [1.29, 1.82) is 0 Å². The van der Waals surface area contributed by atoms with Gasteiger partial charge in [-0.1, -0.05) is 18.2 Å². The number of alkyl halides is 3. The predicted molar refractivity (Wildman–Crippen MR) is 81.5 cm³/mol. The van der Waals surface area contributed by atoms with Crippen LogP contribution in [0.1, 0.15) is 0 Å². The molecule has 2 aromatic carbocycles. The molecule has 0 saturated heterocycles. The number of rotatable bonds is 5. The minimum atomic E-state index is -4.39. The van der Waals surface area contributed by atoms with Crippen molar-refractivity contribution in [2.24, 2.45) is 0 Å². The van der Waals surface area contributed by atoms with Gasteiger partial charge in [0.2, 0.25) is 0 Å². The van der Waals surface area contributed by atoms with Gasteiger partial charge in [-0.3, -0.25) is 0 Å². The molecule has 0 unspecified atom stereocenters. The monoisotopic (exact) mass is 372 g/mol. The average Bonchev–Trinajstić information content (AvgIpc) is 2.49. The highest BCUT2D eigenvalue weighted by Gasteiger charge is 2.31. The van der Waals surface area contributed by atoms with E-state index in [9.17, 15) is 13.2 Å². The lowest BCUT2D eigenvalue weighted by molar-refractivity contribution is -0.0832. The van der Waals surface area contributed by atoms with Gasteiger partial charge in [-0.05, 0) is 58.4 Å². The predicted octanol–water partition coefficient (Wildman–Crippen LogP) is 5.70. The maximum atomic E-state index is 12.2. The van der Waals surface area contributed by atoms with Gasteiger partial charge in [0.1, 0.15) is 23.9 Å². The Bertz CT molecular complexity index is 622. The van der Waals surface area contributed by atoms with Gasteiger partial charge < -0.3 is 9.47 Å². The summed E-state index contributed by atoms with van der Waals surface area (Å²) >= 11 is 2.46. The van der Waals surface area contributed by atoms with Gasteiger partial charge in [0.05, 0.1) is 4.48 Å². The SMILES string of the molecule is FC(F)(F)C(Br)=CCOc1ccc(Oc2ccccc2)cc1. The zero-order chi connectivity index (χ0) is 16.0. The fraction of sp³-hybridized carbons (Fsp3) is 0.125. The zero-order valence-corrected chi connectivity index (χ0v) is 12.9. The number of ether oxygens (including phenoxy) is 2. The van der Waals surface area contributed by atoms with Crippen LogP contribution in [-0.4, -0.2) is 12.8 Å². The molecule has 0 radical (unpaired) electrons. The van der Waals surface area contributed by atoms with E-state index in [1.54, 1.807) is 24.3 Å². The quantitative estimate of drug-likeness (QED) is 0.670. The summed E-state index contributed by atoms with van der Waals surface area (Å²) in [7, 11) is 0. The molecule has 0 atom stereocenters. The third kappa shape index (κ3) is 5.11. The third-order valence-electron chi connectivity index (χ3n) is 2.59. The van der Waals surface area contributed by atoms with Gasteiger partial charge in [0, 0.05) is 0 Å². The number of benzene rings is 2. The molecule has 0 N–H and O–H groups in total. The van der Waals surface area contributed by atoms with Gasteiger partial charge >= 0.3 is 6.18 Å². The summed E-state index contributed by atoms with van der Waals surface area (Å²) in [5, 5.41) is 0.